The van der Waals surface area contributed by atoms with Gasteiger partial charge in [0.25, 0.3) is 0 Å². The Labute approximate surface area is 157 Å². The number of rotatable bonds is 5. The summed E-state index contributed by atoms with van der Waals surface area (Å²) < 4.78 is 25.4. The molecule has 0 N–H and O–H groups in total. The van der Waals surface area contributed by atoms with E-state index in [1.807, 2.05) is 12.1 Å². The lowest BCUT2D eigenvalue weighted by Gasteiger charge is -2.27. The van der Waals surface area contributed by atoms with Crippen LogP contribution >= 0.6 is 0 Å². The van der Waals surface area contributed by atoms with E-state index < -0.39 is 15.1 Å². The van der Waals surface area contributed by atoms with Crippen molar-refractivity contribution in [1.82, 2.24) is 4.90 Å². The third kappa shape index (κ3) is 4.67. The van der Waals surface area contributed by atoms with Crippen molar-refractivity contribution in [2.45, 2.75) is 69.5 Å². The van der Waals surface area contributed by atoms with Crippen LogP contribution in [0.15, 0.2) is 24.3 Å². The first kappa shape index (κ1) is 19.4. The maximum Gasteiger partial charge on any atom is 0.237 e. The van der Waals surface area contributed by atoms with E-state index in [0.29, 0.717) is 19.0 Å². The van der Waals surface area contributed by atoms with Crippen molar-refractivity contribution in [1.29, 1.82) is 0 Å². The zero-order chi connectivity index (χ0) is 18.6. The maximum absolute atomic E-state index is 12.7. The number of nitrogens with zero attached hydrogens (tertiary/aromatic N) is 1. The summed E-state index contributed by atoms with van der Waals surface area (Å²) in [6.45, 7) is 3.09. The predicted octanol–water partition coefficient (Wildman–Crippen LogP) is 4.22. The SMILES string of the molecule is CC(c1ccc(C2CCCCC2)cc1)S(=O)(=O)CC(=O)N1CCCCC1. The molecule has 4 nitrogen and oxygen atoms in total. The fourth-order valence-electron chi connectivity index (χ4n) is 4.21. The second-order valence-electron chi connectivity index (χ2n) is 7.89. The van der Waals surface area contributed by atoms with Crippen LogP contribution in [0.4, 0.5) is 0 Å². The van der Waals surface area contributed by atoms with Crippen molar-refractivity contribution >= 4 is 15.7 Å². The first-order valence-corrected chi connectivity index (χ1v) is 11.8. The van der Waals surface area contributed by atoms with E-state index in [1.165, 1.54) is 37.7 Å². The van der Waals surface area contributed by atoms with Crippen molar-refractivity contribution in [2.75, 3.05) is 18.8 Å². The summed E-state index contributed by atoms with van der Waals surface area (Å²) in [7, 11) is -3.49. The quantitative estimate of drug-likeness (QED) is 0.772. The Kier molecular flexibility index (Phi) is 6.38. The molecule has 1 aromatic carbocycles. The number of hydrogen-bond donors (Lipinski definition) is 0. The molecule has 0 bridgehead atoms. The summed E-state index contributed by atoms with van der Waals surface area (Å²) in [5.41, 5.74) is 2.11. The van der Waals surface area contributed by atoms with Crippen molar-refractivity contribution in [3.05, 3.63) is 35.4 Å². The Morgan fingerprint density at radius 3 is 2.19 bits per heavy atom. The van der Waals surface area contributed by atoms with Gasteiger partial charge in [-0.3, -0.25) is 4.79 Å². The van der Waals surface area contributed by atoms with E-state index in [2.05, 4.69) is 12.1 Å². The van der Waals surface area contributed by atoms with Gasteiger partial charge in [-0.05, 0) is 56.1 Å². The molecule has 1 aliphatic heterocycles. The third-order valence-corrected chi connectivity index (χ3v) is 8.05. The Morgan fingerprint density at radius 2 is 1.58 bits per heavy atom. The van der Waals surface area contributed by atoms with E-state index in [4.69, 9.17) is 0 Å². The highest BCUT2D eigenvalue weighted by atomic mass is 32.2. The number of piperidine rings is 1. The molecule has 1 saturated carbocycles. The van der Waals surface area contributed by atoms with Crippen LogP contribution in [-0.4, -0.2) is 38.1 Å². The maximum atomic E-state index is 12.7. The fourth-order valence-corrected chi connectivity index (χ4v) is 5.56. The van der Waals surface area contributed by atoms with E-state index >= 15 is 0 Å². The molecule has 3 rings (SSSR count). The molecule has 1 amide bonds. The van der Waals surface area contributed by atoms with Gasteiger partial charge < -0.3 is 4.90 Å². The number of sulfone groups is 1. The number of amides is 1. The molecule has 1 saturated heterocycles. The average molecular weight is 378 g/mol. The largest absolute Gasteiger partial charge is 0.342 e. The van der Waals surface area contributed by atoms with Crippen LogP contribution in [0.25, 0.3) is 0 Å². The molecule has 0 radical (unpaired) electrons. The van der Waals surface area contributed by atoms with Gasteiger partial charge in [0, 0.05) is 13.1 Å². The zero-order valence-corrected chi connectivity index (χ0v) is 16.6. The summed E-state index contributed by atoms with van der Waals surface area (Å²) in [5.74, 6) is -0.000734. The minimum absolute atomic E-state index is 0.240. The van der Waals surface area contributed by atoms with Crippen LogP contribution in [0.3, 0.4) is 0 Å². The molecule has 5 heteroatoms. The van der Waals surface area contributed by atoms with Gasteiger partial charge >= 0.3 is 0 Å². The number of carbonyl (C=O) groups is 1. The molecule has 1 aromatic rings. The first-order chi connectivity index (χ1) is 12.5. The van der Waals surface area contributed by atoms with Crippen LogP contribution in [0.2, 0.25) is 0 Å². The second-order valence-corrected chi connectivity index (χ2v) is 10.2. The van der Waals surface area contributed by atoms with E-state index in [1.54, 1.807) is 11.8 Å². The van der Waals surface area contributed by atoms with Gasteiger partial charge in [-0.1, -0.05) is 43.5 Å². The van der Waals surface area contributed by atoms with Gasteiger partial charge in [0.05, 0.1) is 5.25 Å². The molecular formula is C21H31NO3S. The molecular weight excluding hydrogens is 346 g/mol. The Bertz CT molecular complexity index is 699. The summed E-state index contributed by atoms with van der Waals surface area (Å²) >= 11 is 0. The number of benzene rings is 1. The topological polar surface area (TPSA) is 54.5 Å². The van der Waals surface area contributed by atoms with E-state index in [9.17, 15) is 13.2 Å². The molecule has 2 aliphatic rings. The van der Waals surface area contributed by atoms with Gasteiger partial charge in [-0.25, -0.2) is 8.42 Å². The molecule has 0 aromatic heterocycles. The molecule has 1 heterocycles. The molecule has 0 spiro atoms. The smallest absolute Gasteiger partial charge is 0.237 e. The highest BCUT2D eigenvalue weighted by Crippen LogP contribution is 2.33. The van der Waals surface area contributed by atoms with Crippen molar-refractivity contribution < 1.29 is 13.2 Å². The van der Waals surface area contributed by atoms with Gasteiger partial charge in [0.1, 0.15) is 5.75 Å². The fraction of sp³-hybridized carbons (Fsp3) is 0.667. The van der Waals surface area contributed by atoms with E-state index in [0.717, 1.165) is 24.8 Å². The van der Waals surface area contributed by atoms with Crippen LogP contribution in [0, 0.1) is 0 Å². The molecule has 1 atom stereocenters. The Morgan fingerprint density at radius 1 is 1.00 bits per heavy atom. The minimum atomic E-state index is -3.49. The number of carbonyl (C=O) groups excluding carboxylic acids is 1. The number of likely N-dealkylation sites (tertiary alicyclic amines) is 1. The lowest BCUT2D eigenvalue weighted by Crippen LogP contribution is -2.39. The average Bonchev–Trinajstić information content (AvgIpc) is 2.68. The lowest BCUT2D eigenvalue weighted by molar-refractivity contribution is -0.129. The monoisotopic (exact) mass is 377 g/mol. The highest BCUT2D eigenvalue weighted by molar-refractivity contribution is 7.92. The predicted molar refractivity (Wildman–Crippen MR) is 105 cm³/mol. The Balaban J connectivity index is 1.64. The van der Waals surface area contributed by atoms with Gasteiger partial charge in [-0.15, -0.1) is 0 Å². The highest BCUT2D eigenvalue weighted by Gasteiger charge is 2.29. The minimum Gasteiger partial charge on any atom is -0.342 e. The standard InChI is InChI=1S/C21H31NO3S/c1-17(26(24,25)16-21(23)22-14-6-3-7-15-22)18-10-12-20(13-11-18)19-8-4-2-5-9-19/h10-13,17,19H,2-9,14-16H2,1H3. The van der Waals surface area contributed by atoms with Crippen LogP contribution < -0.4 is 0 Å². The lowest BCUT2D eigenvalue weighted by atomic mass is 9.84. The van der Waals surface area contributed by atoms with Gasteiger partial charge in [0.15, 0.2) is 9.84 Å². The summed E-state index contributed by atoms with van der Waals surface area (Å²) in [5, 5.41) is -0.642. The summed E-state index contributed by atoms with van der Waals surface area (Å²) in [6, 6.07) is 8.06. The molecule has 1 aliphatic carbocycles. The molecule has 1 unspecified atom stereocenters. The second kappa shape index (κ2) is 8.55. The third-order valence-electron chi connectivity index (χ3n) is 6.05. The van der Waals surface area contributed by atoms with Crippen molar-refractivity contribution in [3.63, 3.8) is 0 Å². The Hall–Kier alpha value is -1.36. The summed E-state index contributed by atoms with van der Waals surface area (Å²) in [4.78, 5) is 14.1. The first-order valence-electron chi connectivity index (χ1n) is 10.1. The van der Waals surface area contributed by atoms with Crippen LogP contribution in [0.5, 0.6) is 0 Å². The normalized spacial score (nSPS) is 20.7. The molecule has 144 valence electrons. The van der Waals surface area contributed by atoms with Crippen LogP contribution in [0.1, 0.15) is 80.6 Å². The van der Waals surface area contributed by atoms with Crippen molar-refractivity contribution in [3.8, 4) is 0 Å². The number of hydrogen-bond acceptors (Lipinski definition) is 3. The van der Waals surface area contributed by atoms with Crippen molar-refractivity contribution in [2.24, 2.45) is 0 Å². The molecule has 26 heavy (non-hydrogen) atoms. The summed E-state index contributed by atoms with van der Waals surface area (Å²) in [6.07, 6.45) is 9.45. The van der Waals surface area contributed by atoms with Gasteiger partial charge in [0.2, 0.25) is 5.91 Å². The van der Waals surface area contributed by atoms with E-state index in [-0.39, 0.29) is 11.7 Å². The molecule has 2 fully saturated rings. The van der Waals surface area contributed by atoms with Crippen LogP contribution in [-0.2, 0) is 14.6 Å². The zero-order valence-electron chi connectivity index (χ0n) is 15.8. The van der Waals surface area contributed by atoms with Gasteiger partial charge in [-0.2, -0.15) is 0 Å².